The smallest absolute Gasteiger partial charge is 0.213 e. The van der Waals surface area contributed by atoms with Gasteiger partial charge in [-0.25, -0.2) is 10.8 Å². The first-order valence-electron chi connectivity index (χ1n) is 7.18. The molecule has 1 aromatic rings. The number of halogens is 1. The topological polar surface area (TPSA) is 51.4 Å². The maximum atomic E-state index is 5.96. The highest BCUT2D eigenvalue weighted by atomic mass is 79.9. The number of allylic oxidation sites excluding steroid dienone is 2. The van der Waals surface area contributed by atoms with Crippen LogP contribution in [0.5, 0.6) is 5.88 Å². The highest BCUT2D eigenvalue weighted by molar-refractivity contribution is 9.10. The van der Waals surface area contributed by atoms with Crippen LogP contribution < -0.4 is 10.6 Å². The number of hydrogen-bond donors (Lipinski definition) is 1. The molecule has 1 aliphatic rings. The summed E-state index contributed by atoms with van der Waals surface area (Å²) >= 11 is 3.45. The highest BCUT2D eigenvalue weighted by Crippen LogP contribution is 2.28. The Bertz CT molecular complexity index is 579. The van der Waals surface area contributed by atoms with Gasteiger partial charge >= 0.3 is 0 Å². The molecule has 1 aliphatic carbocycles. The molecule has 0 aliphatic heterocycles. The van der Waals surface area contributed by atoms with Gasteiger partial charge in [0.05, 0.1) is 5.69 Å². The minimum atomic E-state index is 0.505. The number of rotatable bonds is 5. The van der Waals surface area contributed by atoms with Crippen LogP contribution in [-0.4, -0.2) is 23.6 Å². The van der Waals surface area contributed by atoms with Crippen LogP contribution in [0.3, 0.4) is 0 Å². The molecule has 0 fully saturated rings. The average Bonchev–Trinajstić information content (AvgIpc) is 2.48. The van der Waals surface area contributed by atoms with Crippen LogP contribution in [0.2, 0.25) is 0 Å². The normalized spacial score (nSPS) is 15.0. The molecule has 0 aromatic carbocycles. The van der Waals surface area contributed by atoms with Crippen molar-refractivity contribution >= 4 is 15.9 Å². The lowest BCUT2D eigenvalue weighted by atomic mass is 9.93. The Kier molecular flexibility index (Phi) is 5.42. The third-order valence-electron chi connectivity index (χ3n) is 3.67. The van der Waals surface area contributed by atoms with E-state index in [0.717, 1.165) is 35.1 Å². The zero-order valence-corrected chi connectivity index (χ0v) is 14.4. The first-order chi connectivity index (χ1) is 10.0. The second kappa shape index (κ2) is 7.09. The summed E-state index contributed by atoms with van der Waals surface area (Å²) in [6.07, 6.45) is 5.27. The third-order valence-corrected chi connectivity index (χ3v) is 4.51. The molecule has 0 atom stereocenters. The van der Waals surface area contributed by atoms with Gasteiger partial charge in [-0.2, -0.15) is 0 Å². The van der Waals surface area contributed by atoms with E-state index in [2.05, 4.69) is 33.9 Å². The number of ether oxygens (including phenoxy) is 1. The zero-order valence-electron chi connectivity index (χ0n) is 12.8. The summed E-state index contributed by atoms with van der Waals surface area (Å²) in [5.41, 5.74) is 4.59. The van der Waals surface area contributed by atoms with E-state index in [0.29, 0.717) is 12.5 Å². The molecule has 1 heterocycles. The van der Waals surface area contributed by atoms with Crippen molar-refractivity contribution in [3.05, 3.63) is 45.2 Å². The number of pyridine rings is 1. The Morgan fingerprint density at radius 1 is 1.43 bits per heavy atom. The largest absolute Gasteiger partial charge is 0.473 e. The van der Waals surface area contributed by atoms with Gasteiger partial charge in [-0.05, 0) is 53.8 Å². The summed E-state index contributed by atoms with van der Waals surface area (Å²) in [4.78, 5) is 4.42. The molecular formula is C16H22BrN3O. The van der Waals surface area contributed by atoms with E-state index in [1.807, 2.05) is 26.1 Å². The molecule has 0 amide bonds. The number of aryl methyl sites for hydroxylation is 1. The van der Waals surface area contributed by atoms with Crippen LogP contribution in [0.1, 0.15) is 31.9 Å². The van der Waals surface area contributed by atoms with Crippen LogP contribution in [0.15, 0.2) is 39.5 Å². The predicted molar refractivity (Wildman–Crippen MR) is 88.8 cm³/mol. The molecule has 0 bridgehead atoms. The second-order valence-electron chi connectivity index (χ2n) is 5.16. The van der Waals surface area contributed by atoms with E-state index in [-0.39, 0.29) is 0 Å². The minimum Gasteiger partial charge on any atom is -0.473 e. The average molecular weight is 352 g/mol. The van der Waals surface area contributed by atoms with E-state index in [4.69, 9.17) is 10.6 Å². The summed E-state index contributed by atoms with van der Waals surface area (Å²) in [5, 5.41) is 1.71. The Labute approximate surface area is 134 Å². The van der Waals surface area contributed by atoms with Crippen LogP contribution in [0.25, 0.3) is 0 Å². The van der Waals surface area contributed by atoms with Gasteiger partial charge in [0.1, 0.15) is 6.61 Å². The molecule has 0 saturated heterocycles. The Balaban J connectivity index is 2.18. The number of nitrogens with two attached hydrogens (primary N) is 1. The van der Waals surface area contributed by atoms with Gasteiger partial charge in [-0.15, -0.1) is 0 Å². The molecule has 21 heavy (non-hydrogen) atoms. The summed E-state index contributed by atoms with van der Waals surface area (Å²) < 4.78 is 6.87. The summed E-state index contributed by atoms with van der Waals surface area (Å²) in [5.74, 6) is 6.60. The maximum Gasteiger partial charge on any atom is 0.213 e. The molecular weight excluding hydrogens is 330 g/mol. The van der Waals surface area contributed by atoms with Gasteiger partial charge in [-0.1, -0.05) is 13.0 Å². The van der Waals surface area contributed by atoms with Crippen molar-refractivity contribution in [1.82, 2.24) is 9.99 Å². The molecule has 4 nitrogen and oxygen atoms in total. The van der Waals surface area contributed by atoms with Gasteiger partial charge in [0.25, 0.3) is 0 Å². The van der Waals surface area contributed by atoms with Crippen molar-refractivity contribution in [2.75, 3.05) is 13.7 Å². The molecule has 2 N–H and O–H groups in total. The van der Waals surface area contributed by atoms with Crippen molar-refractivity contribution < 1.29 is 4.74 Å². The molecule has 114 valence electrons. The monoisotopic (exact) mass is 351 g/mol. The molecule has 0 saturated carbocycles. The van der Waals surface area contributed by atoms with Crippen molar-refractivity contribution in [2.24, 2.45) is 5.84 Å². The third kappa shape index (κ3) is 3.86. The predicted octanol–water partition coefficient (Wildman–Crippen LogP) is 3.72. The van der Waals surface area contributed by atoms with E-state index < -0.39 is 0 Å². The van der Waals surface area contributed by atoms with Crippen LogP contribution in [0.4, 0.5) is 0 Å². The van der Waals surface area contributed by atoms with Crippen LogP contribution in [0, 0.1) is 6.92 Å². The van der Waals surface area contributed by atoms with E-state index in [1.54, 1.807) is 5.01 Å². The zero-order chi connectivity index (χ0) is 15.4. The van der Waals surface area contributed by atoms with Gasteiger partial charge in [-0.3, -0.25) is 0 Å². The van der Waals surface area contributed by atoms with Crippen LogP contribution in [-0.2, 0) is 0 Å². The number of hydrazine groups is 1. The van der Waals surface area contributed by atoms with Gasteiger partial charge in [0.15, 0.2) is 0 Å². The first-order valence-corrected chi connectivity index (χ1v) is 7.98. The molecule has 2 rings (SSSR count). The fraction of sp³-hybridized carbons (Fsp3) is 0.438. The van der Waals surface area contributed by atoms with Crippen LogP contribution >= 0.6 is 15.9 Å². The SMILES string of the molecule is CCC1=CCCC(N(C)N)=C1COc1ccc(Br)c(C)n1. The quantitative estimate of drug-likeness (QED) is 0.648. The van der Waals surface area contributed by atoms with Gasteiger partial charge in [0.2, 0.25) is 5.88 Å². The standard InChI is InChI=1S/C16H22BrN3O/c1-4-12-6-5-7-15(20(3)18)13(12)10-21-16-9-8-14(17)11(2)19-16/h6,8-9H,4-5,7,10,18H2,1-3H3. The summed E-state index contributed by atoms with van der Waals surface area (Å²) in [6, 6.07) is 3.83. The summed E-state index contributed by atoms with van der Waals surface area (Å²) in [6.45, 7) is 4.62. The Morgan fingerprint density at radius 3 is 2.81 bits per heavy atom. The summed E-state index contributed by atoms with van der Waals surface area (Å²) in [7, 11) is 1.88. The second-order valence-corrected chi connectivity index (χ2v) is 6.02. The lowest BCUT2D eigenvalue weighted by Gasteiger charge is -2.26. The number of hydrogen-bond acceptors (Lipinski definition) is 4. The lowest BCUT2D eigenvalue weighted by Crippen LogP contribution is -2.29. The van der Waals surface area contributed by atoms with E-state index in [9.17, 15) is 0 Å². The van der Waals surface area contributed by atoms with Gasteiger partial charge in [0, 0.05) is 28.9 Å². The van der Waals surface area contributed by atoms with Crippen molar-refractivity contribution in [3.8, 4) is 5.88 Å². The van der Waals surface area contributed by atoms with Gasteiger partial charge < -0.3 is 9.75 Å². The number of aromatic nitrogens is 1. The molecule has 0 radical (unpaired) electrons. The van der Waals surface area contributed by atoms with E-state index in [1.165, 1.54) is 11.1 Å². The minimum absolute atomic E-state index is 0.505. The fourth-order valence-corrected chi connectivity index (χ4v) is 2.73. The maximum absolute atomic E-state index is 5.96. The molecule has 0 spiro atoms. The number of nitrogens with zero attached hydrogens (tertiary/aromatic N) is 2. The molecule has 0 unspecified atom stereocenters. The first kappa shape index (κ1) is 16.0. The van der Waals surface area contributed by atoms with Crippen molar-refractivity contribution in [3.63, 3.8) is 0 Å². The molecule has 1 aromatic heterocycles. The Hall–Kier alpha value is -1.33. The molecule has 5 heteroatoms. The van der Waals surface area contributed by atoms with Crippen molar-refractivity contribution in [1.29, 1.82) is 0 Å². The van der Waals surface area contributed by atoms with E-state index >= 15 is 0 Å². The lowest BCUT2D eigenvalue weighted by molar-refractivity contribution is 0.325. The highest BCUT2D eigenvalue weighted by Gasteiger charge is 2.17. The Morgan fingerprint density at radius 2 is 2.19 bits per heavy atom. The fourth-order valence-electron chi connectivity index (χ4n) is 2.51. The van der Waals surface area contributed by atoms with Crippen molar-refractivity contribution in [2.45, 2.75) is 33.1 Å².